The zero-order chi connectivity index (χ0) is 30.9. The lowest BCUT2D eigenvalue weighted by Gasteiger charge is -2.17. The first-order valence-electron chi connectivity index (χ1n) is 13.5. The highest BCUT2D eigenvalue weighted by molar-refractivity contribution is 5.71. The Bertz CT molecular complexity index is 953. The molecule has 2 N–H and O–H groups in total. The molecular weight excluding hydrogens is 516 g/mol. The fourth-order valence-corrected chi connectivity index (χ4v) is 3.13. The Labute approximate surface area is 240 Å². The number of esters is 1. The molecule has 0 aliphatic carbocycles. The van der Waals surface area contributed by atoms with Crippen molar-refractivity contribution in [2.45, 2.75) is 54.6 Å². The molecule has 0 fully saturated rings. The summed E-state index contributed by atoms with van der Waals surface area (Å²) in [6.45, 7) is 14.2. The number of likely N-dealkylation sites (N-methyl/N-ethyl adjacent to an activating group) is 1. The van der Waals surface area contributed by atoms with Crippen molar-refractivity contribution in [3.8, 4) is 23.0 Å². The summed E-state index contributed by atoms with van der Waals surface area (Å²) in [5.41, 5.74) is 1.92. The largest absolute Gasteiger partial charge is 0.497 e. The molecule has 0 amide bonds. The van der Waals surface area contributed by atoms with Crippen molar-refractivity contribution in [3.63, 3.8) is 0 Å². The van der Waals surface area contributed by atoms with Crippen molar-refractivity contribution in [3.05, 3.63) is 47.5 Å². The number of benzene rings is 2. The van der Waals surface area contributed by atoms with Crippen molar-refractivity contribution >= 4 is 11.9 Å². The van der Waals surface area contributed by atoms with E-state index in [0.717, 1.165) is 34.1 Å². The summed E-state index contributed by atoms with van der Waals surface area (Å²) in [5, 5.41) is 11.7. The van der Waals surface area contributed by atoms with Gasteiger partial charge < -0.3 is 34.1 Å². The molecule has 0 saturated carbocycles. The second-order valence-electron chi connectivity index (χ2n) is 7.56. The number of hydrogen-bond acceptors (Lipinski definition) is 9. The number of rotatable bonds is 14. The summed E-state index contributed by atoms with van der Waals surface area (Å²) in [6, 6.07) is 11.1. The van der Waals surface area contributed by atoms with Gasteiger partial charge in [0.05, 0.1) is 47.6 Å². The third-order valence-electron chi connectivity index (χ3n) is 4.81. The zero-order valence-electron chi connectivity index (χ0n) is 26.0. The van der Waals surface area contributed by atoms with Crippen LogP contribution in [0.3, 0.4) is 0 Å². The number of carboxylic acid groups (broad SMARTS) is 1. The first-order valence-corrected chi connectivity index (χ1v) is 13.5. The van der Waals surface area contributed by atoms with E-state index in [1.807, 2.05) is 77.9 Å². The van der Waals surface area contributed by atoms with Crippen LogP contribution in [-0.2, 0) is 27.4 Å². The van der Waals surface area contributed by atoms with Crippen molar-refractivity contribution < 1.29 is 38.4 Å². The predicted octanol–water partition coefficient (Wildman–Crippen LogP) is 5.02. The molecule has 0 saturated heterocycles. The lowest BCUT2D eigenvalue weighted by molar-refractivity contribution is -0.140. The average molecular weight is 567 g/mol. The minimum atomic E-state index is -0.844. The Morgan fingerprint density at radius 2 is 1.30 bits per heavy atom. The van der Waals surface area contributed by atoms with Gasteiger partial charge in [-0.05, 0) is 33.0 Å². The van der Waals surface area contributed by atoms with Gasteiger partial charge >= 0.3 is 11.9 Å². The standard InChI is InChI=1S/2C13H19NO4.2C2H6/c1-4-18-12-7-11(16-2)6-5-10(12)8-14-9-13(15)17-3;1-4-18-12-7-11(17-3)6-5-10(12)8-14(2)9-13(15)16;2*1-2/h5-7,14H,4,8-9H2,1-3H3;5-7H,4,8-9H2,1-3H3,(H,15,16);2*1-2H3. The minimum Gasteiger partial charge on any atom is -0.497 e. The molecule has 228 valence electrons. The van der Waals surface area contributed by atoms with Gasteiger partial charge in [0.25, 0.3) is 0 Å². The van der Waals surface area contributed by atoms with Gasteiger partial charge in [-0.3, -0.25) is 14.5 Å². The highest BCUT2D eigenvalue weighted by Crippen LogP contribution is 2.26. The molecule has 0 aliphatic heterocycles. The lowest BCUT2D eigenvalue weighted by Crippen LogP contribution is -2.25. The number of ether oxygens (including phenoxy) is 5. The van der Waals surface area contributed by atoms with Gasteiger partial charge in [-0.1, -0.05) is 39.8 Å². The summed E-state index contributed by atoms with van der Waals surface area (Å²) < 4.78 is 25.9. The van der Waals surface area contributed by atoms with Crippen molar-refractivity contribution in [1.82, 2.24) is 10.2 Å². The molecule has 0 heterocycles. The molecule has 2 aromatic rings. The van der Waals surface area contributed by atoms with E-state index in [1.165, 1.54) is 7.11 Å². The molecule has 0 aliphatic rings. The minimum absolute atomic E-state index is 0.00239. The summed E-state index contributed by atoms with van der Waals surface area (Å²) in [4.78, 5) is 23.3. The molecule has 40 heavy (non-hydrogen) atoms. The van der Waals surface area contributed by atoms with E-state index in [1.54, 1.807) is 26.2 Å². The normalized spacial score (nSPS) is 9.47. The van der Waals surface area contributed by atoms with Gasteiger partial charge in [0.15, 0.2) is 0 Å². The first kappa shape index (κ1) is 38.6. The van der Waals surface area contributed by atoms with E-state index in [0.29, 0.717) is 26.3 Å². The molecule has 10 heteroatoms. The lowest BCUT2D eigenvalue weighted by atomic mass is 10.2. The Kier molecular flexibility index (Phi) is 23.7. The quantitative estimate of drug-likeness (QED) is 0.302. The molecule has 2 aromatic carbocycles. The smallest absolute Gasteiger partial charge is 0.319 e. The third-order valence-corrected chi connectivity index (χ3v) is 4.81. The van der Waals surface area contributed by atoms with Crippen LogP contribution in [0.5, 0.6) is 23.0 Å². The van der Waals surface area contributed by atoms with Crippen LogP contribution in [0.25, 0.3) is 0 Å². The van der Waals surface area contributed by atoms with Gasteiger partial charge in [0.2, 0.25) is 0 Å². The van der Waals surface area contributed by atoms with Crippen LogP contribution >= 0.6 is 0 Å². The van der Waals surface area contributed by atoms with Crippen LogP contribution in [0.2, 0.25) is 0 Å². The maximum absolute atomic E-state index is 11.0. The van der Waals surface area contributed by atoms with Crippen molar-refractivity contribution in [1.29, 1.82) is 0 Å². The van der Waals surface area contributed by atoms with Crippen LogP contribution in [-0.4, -0.2) is 76.6 Å². The Balaban J connectivity index is 0. The number of hydrogen-bond donors (Lipinski definition) is 2. The van der Waals surface area contributed by atoms with Crippen LogP contribution in [0, 0.1) is 0 Å². The number of nitrogens with one attached hydrogen (secondary N) is 1. The summed E-state index contributed by atoms with van der Waals surface area (Å²) >= 11 is 0. The second kappa shape index (κ2) is 24.5. The molecule has 0 bridgehead atoms. The molecule has 0 aromatic heterocycles. The van der Waals surface area contributed by atoms with Gasteiger partial charge in [-0.25, -0.2) is 0 Å². The molecule has 10 nitrogen and oxygen atoms in total. The highest BCUT2D eigenvalue weighted by Gasteiger charge is 2.11. The van der Waals surface area contributed by atoms with Crippen LogP contribution in [0.4, 0.5) is 0 Å². The molecule has 0 atom stereocenters. The second-order valence-corrected chi connectivity index (χ2v) is 7.56. The Hall–Kier alpha value is -3.50. The number of aliphatic carboxylic acids is 1. The van der Waals surface area contributed by atoms with E-state index in [4.69, 9.17) is 24.1 Å². The maximum Gasteiger partial charge on any atom is 0.319 e. The van der Waals surface area contributed by atoms with Gasteiger partial charge in [0.1, 0.15) is 23.0 Å². The van der Waals surface area contributed by atoms with E-state index >= 15 is 0 Å². The zero-order valence-corrected chi connectivity index (χ0v) is 26.0. The predicted molar refractivity (Wildman–Crippen MR) is 159 cm³/mol. The van der Waals surface area contributed by atoms with Gasteiger partial charge in [-0.15, -0.1) is 0 Å². The fraction of sp³-hybridized carbons (Fsp3) is 0.533. The molecule has 0 unspecified atom stereocenters. The fourth-order valence-electron chi connectivity index (χ4n) is 3.13. The molecule has 2 rings (SSSR count). The summed E-state index contributed by atoms with van der Waals surface area (Å²) in [6.07, 6.45) is 0. The average Bonchev–Trinajstić information content (AvgIpc) is 2.96. The first-order chi connectivity index (χ1) is 19.3. The third kappa shape index (κ3) is 16.5. The molecule has 0 radical (unpaired) electrons. The van der Waals surface area contributed by atoms with E-state index in [-0.39, 0.29) is 19.1 Å². The van der Waals surface area contributed by atoms with Gasteiger partial charge in [-0.2, -0.15) is 0 Å². The molecule has 0 spiro atoms. The Morgan fingerprint density at radius 3 is 1.73 bits per heavy atom. The van der Waals surface area contributed by atoms with Crippen LogP contribution in [0.1, 0.15) is 52.7 Å². The summed E-state index contributed by atoms with van der Waals surface area (Å²) in [7, 11) is 6.33. The SMILES string of the molecule is CC.CC.CCOc1cc(OC)ccc1CN(C)CC(=O)O.CCOc1cc(OC)ccc1CNCC(=O)OC. The van der Waals surface area contributed by atoms with Crippen LogP contribution in [0.15, 0.2) is 36.4 Å². The topological polar surface area (TPSA) is 116 Å². The number of nitrogens with zero attached hydrogens (tertiary/aromatic N) is 1. The summed E-state index contributed by atoms with van der Waals surface area (Å²) in [5.74, 6) is 1.83. The number of carboxylic acids is 1. The Morgan fingerprint density at radius 1 is 0.825 bits per heavy atom. The van der Waals surface area contributed by atoms with E-state index < -0.39 is 5.97 Å². The number of carbonyl (C=O) groups excluding carboxylic acids is 1. The molecular formula is C30H50N2O8. The van der Waals surface area contributed by atoms with Crippen LogP contribution < -0.4 is 24.3 Å². The van der Waals surface area contributed by atoms with Gasteiger partial charge in [0, 0.05) is 36.3 Å². The van der Waals surface area contributed by atoms with E-state index in [2.05, 4.69) is 10.1 Å². The monoisotopic (exact) mass is 566 g/mol. The highest BCUT2D eigenvalue weighted by atomic mass is 16.5. The van der Waals surface area contributed by atoms with Crippen molar-refractivity contribution in [2.24, 2.45) is 0 Å². The number of carbonyl (C=O) groups is 2. The van der Waals surface area contributed by atoms with Crippen molar-refractivity contribution in [2.75, 3.05) is 54.7 Å². The maximum atomic E-state index is 11.0. The number of methoxy groups -OCH3 is 3. The van der Waals surface area contributed by atoms with E-state index in [9.17, 15) is 9.59 Å².